The summed E-state index contributed by atoms with van der Waals surface area (Å²) in [7, 11) is 0. The van der Waals surface area contributed by atoms with Gasteiger partial charge in [0, 0.05) is 24.2 Å². The van der Waals surface area contributed by atoms with E-state index in [0.29, 0.717) is 11.8 Å². The molecule has 0 spiro atoms. The lowest BCUT2D eigenvalue weighted by atomic mass is 9.70. The number of halogens is 3. The first-order valence-electron chi connectivity index (χ1n) is 10.1. The Morgan fingerprint density at radius 1 is 1.29 bits per heavy atom. The zero-order valence-corrected chi connectivity index (χ0v) is 16.5. The van der Waals surface area contributed by atoms with Gasteiger partial charge in [0.15, 0.2) is 0 Å². The van der Waals surface area contributed by atoms with Gasteiger partial charge in [-0.15, -0.1) is 0 Å². The van der Waals surface area contributed by atoms with Gasteiger partial charge in [-0.25, -0.2) is 0 Å². The monoisotopic (exact) mass is 393 g/mol. The zero-order chi connectivity index (χ0) is 20.3. The summed E-state index contributed by atoms with van der Waals surface area (Å²) in [6, 6.07) is 4.32. The maximum Gasteiger partial charge on any atom is 0.416 e. The predicted molar refractivity (Wildman–Crippen MR) is 108 cm³/mol. The molecule has 0 radical (unpaired) electrons. The fourth-order valence-electron chi connectivity index (χ4n) is 4.58. The predicted octanol–water partition coefficient (Wildman–Crippen LogP) is 5.23. The zero-order valence-electron chi connectivity index (χ0n) is 16.5. The average Bonchev–Trinajstić information content (AvgIpc) is 2.67. The maximum absolute atomic E-state index is 13.2. The van der Waals surface area contributed by atoms with E-state index in [4.69, 9.17) is 5.84 Å². The molecule has 1 unspecified atom stereocenters. The molecule has 28 heavy (non-hydrogen) atoms. The molecule has 1 aromatic rings. The molecule has 5 atom stereocenters. The van der Waals surface area contributed by atoms with Crippen molar-refractivity contribution in [2.45, 2.75) is 51.2 Å². The normalized spacial score (nSPS) is 27.9. The summed E-state index contributed by atoms with van der Waals surface area (Å²) in [5, 5.41) is 3.59. The number of allylic oxidation sites excluding steroid dienone is 3. The molecule has 4 N–H and O–H groups in total. The van der Waals surface area contributed by atoms with Gasteiger partial charge in [-0.3, -0.25) is 11.3 Å². The fourth-order valence-corrected chi connectivity index (χ4v) is 4.58. The minimum absolute atomic E-state index is 0.0564. The van der Waals surface area contributed by atoms with Crippen molar-refractivity contribution >= 4 is 5.69 Å². The number of fused-ring (bicyclic) bond motifs is 1. The van der Waals surface area contributed by atoms with E-state index in [9.17, 15) is 13.2 Å². The first-order chi connectivity index (χ1) is 13.3. The van der Waals surface area contributed by atoms with Crippen LogP contribution < -0.4 is 16.6 Å². The van der Waals surface area contributed by atoms with Crippen LogP contribution in [0.1, 0.15) is 50.2 Å². The number of alkyl halides is 3. The number of hydrogen-bond donors (Lipinski definition) is 3. The van der Waals surface area contributed by atoms with Crippen LogP contribution in [0.15, 0.2) is 42.5 Å². The molecule has 0 bridgehead atoms. The summed E-state index contributed by atoms with van der Waals surface area (Å²) in [6.07, 6.45) is 7.07. The molecule has 1 aromatic carbocycles. The van der Waals surface area contributed by atoms with E-state index in [-0.39, 0.29) is 17.9 Å². The molecule has 3 rings (SSSR count). The summed E-state index contributed by atoms with van der Waals surface area (Å²) < 4.78 is 39.7. The quantitative estimate of drug-likeness (QED) is 0.458. The molecule has 1 heterocycles. The lowest BCUT2D eigenvalue weighted by Crippen LogP contribution is -2.42. The molecule has 2 aliphatic rings. The van der Waals surface area contributed by atoms with Crippen LogP contribution in [-0.4, -0.2) is 12.6 Å². The summed E-state index contributed by atoms with van der Waals surface area (Å²) in [6.45, 7) is 4.96. The summed E-state index contributed by atoms with van der Waals surface area (Å²) in [5.74, 6) is 6.52. The lowest BCUT2D eigenvalue weighted by Gasteiger charge is -2.43. The Morgan fingerprint density at radius 3 is 2.71 bits per heavy atom. The van der Waals surface area contributed by atoms with Gasteiger partial charge in [0.05, 0.1) is 5.56 Å². The Morgan fingerprint density at radius 2 is 2.07 bits per heavy atom. The Kier molecular flexibility index (Phi) is 6.50. The second-order valence-electron chi connectivity index (χ2n) is 8.23. The van der Waals surface area contributed by atoms with Crippen LogP contribution in [0.25, 0.3) is 0 Å². The lowest BCUT2D eigenvalue weighted by molar-refractivity contribution is -0.137. The molecule has 1 aliphatic carbocycles. The largest absolute Gasteiger partial charge is 0.416 e. The van der Waals surface area contributed by atoms with Gasteiger partial charge in [0.1, 0.15) is 0 Å². The Balaban J connectivity index is 1.89. The summed E-state index contributed by atoms with van der Waals surface area (Å²) in [5.41, 5.74) is 3.76. The van der Waals surface area contributed by atoms with E-state index in [1.807, 2.05) is 0 Å². The molecule has 0 aromatic heterocycles. The first kappa shape index (κ1) is 20.9. The fraction of sp³-hybridized carbons (Fsp3) is 0.545. The second kappa shape index (κ2) is 8.70. The highest BCUT2D eigenvalue weighted by molar-refractivity contribution is 5.58. The van der Waals surface area contributed by atoms with Crippen LogP contribution in [0.5, 0.6) is 0 Å². The molecule has 1 aliphatic heterocycles. The Labute approximate surface area is 165 Å². The van der Waals surface area contributed by atoms with E-state index in [2.05, 4.69) is 48.9 Å². The second-order valence-corrected chi connectivity index (χ2v) is 8.23. The van der Waals surface area contributed by atoms with Crippen molar-refractivity contribution < 1.29 is 13.2 Å². The molecule has 154 valence electrons. The highest BCUT2D eigenvalue weighted by atomic mass is 19.4. The number of nitrogens with two attached hydrogens (primary N) is 1. The van der Waals surface area contributed by atoms with Crippen molar-refractivity contribution in [3.8, 4) is 0 Å². The average molecular weight is 393 g/mol. The smallest absolute Gasteiger partial charge is 0.381 e. The van der Waals surface area contributed by atoms with Gasteiger partial charge >= 0.3 is 6.18 Å². The van der Waals surface area contributed by atoms with Gasteiger partial charge in [-0.1, -0.05) is 38.2 Å². The summed E-state index contributed by atoms with van der Waals surface area (Å²) >= 11 is 0. The van der Waals surface area contributed by atoms with Crippen molar-refractivity contribution in [3.05, 3.63) is 53.6 Å². The van der Waals surface area contributed by atoms with Gasteiger partial charge in [0.2, 0.25) is 0 Å². The topological polar surface area (TPSA) is 50.1 Å². The number of hydrogen-bond acceptors (Lipinski definition) is 3. The van der Waals surface area contributed by atoms with Crippen LogP contribution in [-0.2, 0) is 6.18 Å². The van der Waals surface area contributed by atoms with Crippen molar-refractivity contribution in [1.82, 2.24) is 5.43 Å². The van der Waals surface area contributed by atoms with Crippen molar-refractivity contribution in [1.29, 1.82) is 0 Å². The first-order valence-corrected chi connectivity index (χ1v) is 10.1. The molecule has 0 fully saturated rings. The standard InChI is InChI=1S/C22H30F3N3/c1-14(13-27-26)8-10-18-15(2)19-12-17(22(23,24)25)9-11-20(19)28-21(18)16-6-4-3-5-7-16/h3-6,9,11-12,14-16,18,21,27-28H,7-8,10,13,26H2,1-2H3/t14-,15+,16?,18-,21+/m1/s1. The number of rotatable bonds is 6. The number of hydrazine groups is 1. The van der Waals surface area contributed by atoms with Gasteiger partial charge < -0.3 is 5.32 Å². The molecular weight excluding hydrogens is 363 g/mol. The van der Waals surface area contributed by atoms with Crippen molar-refractivity contribution in [3.63, 3.8) is 0 Å². The van der Waals surface area contributed by atoms with Crippen LogP contribution in [0.2, 0.25) is 0 Å². The Bertz CT molecular complexity index is 726. The van der Waals surface area contributed by atoms with Crippen molar-refractivity contribution in [2.24, 2.45) is 23.6 Å². The summed E-state index contributed by atoms with van der Waals surface area (Å²) in [4.78, 5) is 0. The van der Waals surface area contributed by atoms with E-state index in [0.717, 1.165) is 37.1 Å². The van der Waals surface area contributed by atoms with Crippen LogP contribution in [0, 0.1) is 17.8 Å². The van der Waals surface area contributed by atoms with E-state index in [1.165, 1.54) is 12.1 Å². The minimum Gasteiger partial charge on any atom is -0.381 e. The highest BCUT2D eigenvalue weighted by Crippen LogP contribution is 2.45. The van der Waals surface area contributed by atoms with Crippen molar-refractivity contribution in [2.75, 3.05) is 11.9 Å². The molecule has 0 amide bonds. The van der Waals surface area contributed by atoms with Crippen LogP contribution in [0.3, 0.4) is 0 Å². The van der Waals surface area contributed by atoms with Crippen LogP contribution >= 0.6 is 0 Å². The van der Waals surface area contributed by atoms with Gasteiger partial charge in [-0.05, 0) is 60.8 Å². The number of anilines is 1. The minimum atomic E-state index is -4.32. The molecule has 0 saturated heterocycles. The van der Waals surface area contributed by atoms with E-state index >= 15 is 0 Å². The van der Waals surface area contributed by atoms with E-state index in [1.54, 1.807) is 6.07 Å². The third-order valence-electron chi connectivity index (χ3n) is 6.23. The third-order valence-corrected chi connectivity index (χ3v) is 6.23. The molecule has 3 nitrogen and oxygen atoms in total. The SMILES string of the molecule is C[C@H](CC[C@@H]1[C@H](C)c2cc(C(F)(F)F)ccc2N[C@H]1C1C=CC=CC1)CNN. The molecule has 0 saturated carbocycles. The van der Waals surface area contributed by atoms with E-state index < -0.39 is 11.7 Å². The molecular formula is C22H30F3N3. The third kappa shape index (κ3) is 4.61. The Hall–Kier alpha value is -1.79. The maximum atomic E-state index is 13.2. The number of nitrogens with one attached hydrogen (secondary N) is 2. The number of benzene rings is 1. The van der Waals surface area contributed by atoms with Gasteiger partial charge in [-0.2, -0.15) is 13.2 Å². The van der Waals surface area contributed by atoms with Gasteiger partial charge in [0.25, 0.3) is 0 Å². The molecule has 6 heteroatoms. The highest BCUT2D eigenvalue weighted by Gasteiger charge is 2.39. The van der Waals surface area contributed by atoms with Crippen LogP contribution in [0.4, 0.5) is 18.9 Å².